The molecule has 0 radical (unpaired) electrons. The average Bonchev–Trinajstić information content (AvgIpc) is 2.42. The van der Waals surface area contributed by atoms with Crippen molar-refractivity contribution in [2.45, 2.75) is 38.9 Å². The fourth-order valence-corrected chi connectivity index (χ4v) is 1.89. The van der Waals surface area contributed by atoms with Crippen molar-refractivity contribution in [2.75, 3.05) is 6.54 Å². The summed E-state index contributed by atoms with van der Waals surface area (Å²) < 4.78 is 38.8. The predicted molar refractivity (Wildman–Crippen MR) is 59.8 cm³/mol. The van der Waals surface area contributed by atoms with E-state index in [2.05, 4.69) is 10.4 Å². The molecule has 3 nitrogen and oxygen atoms in total. The molecule has 1 N–H and O–H groups in total. The van der Waals surface area contributed by atoms with E-state index in [1.807, 2.05) is 13.0 Å². The third-order valence-electron chi connectivity index (χ3n) is 2.53. The van der Waals surface area contributed by atoms with Gasteiger partial charge in [0, 0.05) is 25.2 Å². The fourth-order valence-electron chi connectivity index (χ4n) is 1.89. The van der Waals surface area contributed by atoms with E-state index in [-0.39, 0.29) is 0 Å². The lowest BCUT2D eigenvalue weighted by Crippen LogP contribution is -2.35. The third-order valence-corrected chi connectivity index (χ3v) is 2.53. The third kappa shape index (κ3) is 4.77. The van der Waals surface area contributed by atoms with Gasteiger partial charge in [0.25, 0.3) is 0 Å². The number of hydrogen-bond acceptors (Lipinski definition) is 2. The fraction of sp³-hybridized carbons (Fsp3) is 0.727. The summed E-state index contributed by atoms with van der Waals surface area (Å²) in [6.07, 6.45) is -4.61. The minimum Gasteiger partial charge on any atom is -0.314 e. The van der Waals surface area contributed by atoms with E-state index in [1.165, 1.54) is 0 Å². The van der Waals surface area contributed by atoms with Crippen molar-refractivity contribution in [3.05, 3.63) is 17.5 Å². The SMILES string of the molecule is CCNC(Cc1cc(C)nn1C)CC(F)(F)F. The van der Waals surface area contributed by atoms with Gasteiger partial charge in [0.1, 0.15) is 0 Å². The molecular weight excluding hydrogens is 231 g/mol. The zero-order valence-corrected chi connectivity index (χ0v) is 10.3. The maximum absolute atomic E-state index is 12.4. The van der Waals surface area contributed by atoms with Gasteiger partial charge >= 0.3 is 6.18 Å². The van der Waals surface area contributed by atoms with E-state index < -0.39 is 18.6 Å². The van der Waals surface area contributed by atoms with E-state index in [0.717, 1.165) is 11.4 Å². The van der Waals surface area contributed by atoms with Crippen molar-refractivity contribution in [1.29, 1.82) is 0 Å². The van der Waals surface area contributed by atoms with Gasteiger partial charge in [-0.25, -0.2) is 0 Å². The summed E-state index contributed by atoms with van der Waals surface area (Å²) in [5, 5.41) is 6.99. The van der Waals surface area contributed by atoms with Gasteiger partial charge in [-0.2, -0.15) is 18.3 Å². The van der Waals surface area contributed by atoms with Crippen molar-refractivity contribution in [2.24, 2.45) is 7.05 Å². The second kappa shape index (κ2) is 5.53. The van der Waals surface area contributed by atoms with Crippen LogP contribution in [0.2, 0.25) is 0 Å². The van der Waals surface area contributed by atoms with E-state index in [4.69, 9.17) is 0 Å². The Balaban J connectivity index is 2.69. The number of aromatic nitrogens is 2. The number of aryl methyl sites for hydroxylation is 2. The van der Waals surface area contributed by atoms with Crippen molar-refractivity contribution >= 4 is 0 Å². The first-order chi connectivity index (χ1) is 7.81. The molecule has 0 bridgehead atoms. The normalized spacial score (nSPS) is 14.0. The lowest BCUT2D eigenvalue weighted by molar-refractivity contribution is -0.139. The summed E-state index contributed by atoms with van der Waals surface area (Å²) in [6, 6.07) is 1.23. The van der Waals surface area contributed by atoms with Crippen LogP contribution in [0.1, 0.15) is 24.7 Å². The molecule has 1 aromatic rings. The van der Waals surface area contributed by atoms with Crippen LogP contribution in [-0.2, 0) is 13.5 Å². The van der Waals surface area contributed by atoms with Crippen molar-refractivity contribution in [3.8, 4) is 0 Å². The van der Waals surface area contributed by atoms with Crippen LogP contribution in [0.4, 0.5) is 13.2 Å². The van der Waals surface area contributed by atoms with E-state index in [9.17, 15) is 13.2 Å². The summed E-state index contributed by atoms with van der Waals surface area (Å²) in [6.45, 7) is 4.16. The number of likely N-dealkylation sites (N-methyl/N-ethyl adjacent to an activating group) is 1. The number of alkyl halides is 3. The first kappa shape index (κ1) is 14.0. The summed E-state index contributed by atoms with van der Waals surface area (Å²) in [4.78, 5) is 0. The van der Waals surface area contributed by atoms with Crippen LogP contribution in [0.3, 0.4) is 0 Å². The summed E-state index contributed by atoms with van der Waals surface area (Å²) in [5.41, 5.74) is 1.64. The molecule has 17 heavy (non-hydrogen) atoms. The predicted octanol–water partition coefficient (Wildman–Crippen LogP) is 2.20. The lowest BCUT2D eigenvalue weighted by atomic mass is 10.1. The van der Waals surface area contributed by atoms with Crippen molar-refractivity contribution in [3.63, 3.8) is 0 Å². The highest BCUT2D eigenvalue weighted by Crippen LogP contribution is 2.23. The summed E-state index contributed by atoms with van der Waals surface area (Å²) >= 11 is 0. The number of halogens is 3. The van der Waals surface area contributed by atoms with Gasteiger partial charge in [0.05, 0.1) is 12.1 Å². The van der Waals surface area contributed by atoms with Gasteiger partial charge in [-0.3, -0.25) is 4.68 Å². The minimum absolute atomic E-state index is 0.338. The Hall–Kier alpha value is -1.04. The molecule has 0 amide bonds. The topological polar surface area (TPSA) is 29.9 Å². The van der Waals surface area contributed by atoms with Gasteiger partial charge in [0.2, 0.25) is 0 Å². The molecule has 1 aromatic heterocycles. The van der Waals surface area contributed by atoms with Crippen LogP contribution >= 0.6 is 0 Å². The Morgan fingerprint density at radius 3 is 2.53 bits per heavy atom. The van der Waals surface area contributed by atoms with Gasteiger partial charge < -0.3 is 5.32 Å². The first-order valence-electron chi connectivity index (χ1n) is 5.61. The minimum atomic E-state index is -4.14. The molecule has 1 unspecified atom stereocenters. The molecule has 0 spiro atoms. The van der Waals surface area contributed by atoms with E-state index in [1.54, 1.807) is 18.7 Å². The molecule has 0 saturated carbocycles. The zero-order chi connectivity index (χ0) is 13.1. The molecule has 98 valence electrons. The van der Waals surface area contributed by atoms with Crippen molar-refractivity contribution < 1.29 is 13.2 Å². The number of nitrogens with zero attached hydrogens (tertiary/aromatic N) is 2. The van der Waals surface area contributed by atoms with Crippen LogP contribution in [-0.4, -0.2) is 28.5 Å². The van der Waals surface area contributed by atoms with E-state index in [0.29, 0.717) is 13.0 Å². The lowest BCUT2D eigenvalue weighted by Gasteiger charge is -2.19. The Bertz CT molecular complexity index is 357. The quantitative estimate of drug-likeness (QED) is 0.867. The molecular formula is C11H18F3N3. The Morgan fingerprint density at radius 1 is 1.47 bits per heavy atom. The number of rotatable bonds is 5. The largest absolute Gasteiger partial charge is 0.390 e. The molecule has 1 atom stereocenters. The standard InChI is InChI=1S/C11H18F3N3/c1-4-15-9(7-11(12,13)14)6-10-5-8(2)16-17(10)3/h5,9,15H,4,6-7H2,1-3H3. The first-order valence-corrected chi connectivity index (χ1v) is 5.61. The smallest absolute Gasteiger partial charge is 0.314 e. The Labute approximate surface area is 99.0 Å². The second-order valence-electron chi connectivity index (χ2n) is 4.18. The summed E-state index contributed by atoms with van der Waals surface area (Å²) in [5.74, 6) is 0. The molecule has 1 rings (SSSR count). The summed E-state index contributed by atoms with van der Waals surface area (Å²) in [7, 11) is 1.75. The molecule has 0 aromatic carbocycles. The molecule has 0 aliphatic rings. The van der Waals surface area contributed by atoms with Crippen molar-refractivity contribution in [1.82, 2.24) is 15.1 Å². The Kier molecular flexibility index (Phi) is 4.56. The maximum atomic E-state index is 12.4. The Morgan fingerprint density at radius 2 is 2.12 bits per heavy atom. The molecule has 1 heterocycles. The van der Waals surface area contributed by atoms with Crippen LogP contribution in [0.15, 0.2) is 6.07 Å². The van der Waals surface area contributed by atoms with Gasteiger partial charge in [0.15, 0.2) is 0 Å². The van der Waals surface area contributed by atoms with Crippen LogP contribution in [0.5, 0.6) is 0 Å². The highest BCUT2D eigenvalue weighted by Gasteiger charge is 2.31. The zero-order valence-electron chi connectivity index (χ0n) is 10.3. The van der Waals surface area contributed by atoms with E-state index >= 15 is 0 Å². The monoisotopic (exact) mass is 249 g/mol. The molecule has 0 aliphatic carbocycles. The van der Waals surface area contributed by atoms with Gasteiger partial charge in [-0.05, 0) is 19.5 Å². The highest BCUT2D eigenvalue weighted by molar-refractivity contribution is 5.10. The molecule has 6 heteroatoms. The molecule has 0 aliphatic heterocycles. The average molecular weight is 249 g/mol. The molecule has 0 fully saturated rings. The number of hydrogen-bond donors (Lipinski definition) is 1. The second-order valence-corrected chi connectivity index (χ2v) is 4.18. The molecule has 0 saturated heterocycles. The van der Waals surface area contributed by atoms with Gasteiger partial charge in [-0.1, -0.05) is 6.92 Å². The van der Waals surface area contributed by atoms with Crippen LogP contribution in [0.25, 0.3) is 0 Å². The highest BCUT2D eigenvalue weighted by atomic mass is 19.4. The van der Waals surface area contributed by atoms with Gasteiger partial charge in [-0.15, -0.1) is 0 Å². The van der Waals surface area contributed by atoms with Crippen LogP contribution < -0.4 is 5.32 Å². The number of nitrogens with one attached hydrogen (secondary N) is 1. The maximum Gasteiger partial charge on any atom is 0.390 e. The van der Waals surface area contributed by atoms with Crippen LogP contribution in [0, 0.1) is 6.92 Å².